The Morgan fingerprint density at radius 2 is 2.11 bits per heavy atom. The zero-order valence-corrected chi connectivity index (χ0v) is 11.8. The van der Waals surface area contributed by atoms with Crippen molar-refractivity contribution in [1.29, 1.82) is 0 Å². The average molecular weight is 263 g/mol. The smallest absolute Gasteiger partial charge is 0.317 e. The van der Waals surface area contributed by atoms with Gasteiger partial charge >= 0.3 is 6.03 Å². The van der Waals surface area contributed by atoms with Gasteiger partial charge in [0.2, 0.25) is 5.88 Å². The van der Waals surface area contributed by atoms with Crippen LogP contribution >= 0.6 is 0 Å². The van der Waals surface area contributed by atoms with Gasteiger partial charge in [0.05, 0.1) is 13.7 Å². The van der Waals surface area contributed by atoms with E-state index in [1.165, 1.54) is 0 Å². The summed E-state index contributed by atoms with van der Waals surface area (Å²) >= 11 is 0. The molecule has 1 aliphatic heterocycles. The predicted molar refractivity (Wildman–Crippen MR) is 73.3 cm³/mol. The van der Waals surface area contributed by atoms with Crippen LogP contribution < -0.4 is 10.1 Å². The van der Waals surface area contributed by atoms with E-state index >= 15 is 0 Å². The molecule has 1 fully saturated rings. The maximum Gasteiger partial charge on any atom is 0.317 e. The van der Waals surface area contributed by atoms with Crippen molar-refractivity contribution in [2.45, 2.75) is 33.2 Å². The summed E-state index contributed by atoms with van der Waals surface area (Å²) in [6.45, 7) is 6.11. The third-order valence-electron chi connectivity index (χ3n) is 3.44. The number of carbonyl (C=O) groups excluding carboxylic acids is 1. The number of carbonyl (C=O) groups is 1. The maximum absolute atomic E-state index is 12.0. The zero-order valence-electron chi connectivity index (χ0n) is 11.8. The quantitative estimate of drug-likeness (QED) is 0.907. The Bertz CT molecular complexity index is 468. The van der Waals surface area contributed by atoms with E-state index in [-0.39, 0.29) is 6.03 Å². The molecule has 2 heterocycles. The first-order valence-corrected chi connectivity index (χ1v) is 6.65. The number of nitrogens with one attached hydrogen (secondary N) is 1. The van der Waals surface area contributed by atoms with Crippen LogP contribution in [0, 0.1) is 13.8 Å². The molecule has 5 heteroatoms. The molecule has 0 saturated carbocycles. The number of nitrogens with zero attached hydrogens (tertiary/aromatic N) is 2. The number of aromatic nitrogens is 1. The Labute approximate surface area is 114 Å². The SMILES string of the molecule is COc1nc(C)cc(C)c1CNC(=O)N1CCCC1. The van der Waals surface area contributed by atoms with E-state index in [9.17, 15) is 4.79 Å². The fourth-order valence-corrected chi connectivity index (χ4v) is 2.41. The lowest BCUT2D eigenvalue weighted by Gasteiger charge is -2.18. The highest BCUT2D eigenvalue weighted by molar-refractivity contribution is 5.74. The van der Waals surface area contributed by atoms with Gasteiger partial charge in [-0.25, -0.2) is 9.78 Å². The minimum absolute atomic E-state index is 0.000437. The first-order chi connectivity index (χ1) is 9.11. The first-order valence-electron chi connectivity index (χ1n) is 6.65. The fraction of sp³-hybridized carbons (Fsp3) is 0.571. The number of methoxy groups -OCH3 is 1. The lowest BCUT2D eigenvalue weighted by atomic mass is 10.1. The van der Waals surface area contributed by atoms with E-state index < -0.39 is 0 Å². The Hall–Kier alpha value is -1.78. The lowest BCUT2D eigenvalue weighted by Crippen LogP contribution is -2.37. The molecule has 0 spiro atoms. The second-order valence-electron chi connectivity index (χ2n) is 4.92. The molecule has 1 N–H and O–H groups in total. The van der Waals surface area contributed by atoms with Gasteiger partial charge in [0.15, 0.2) is 0 Å². The zero-order chi connectivity index (χ0) is 13.8. The van der Waals surface area contributed by atoms with Crippen molar-refractivity contribution in [2.24, 2.45) is 0 Å². The summed E-state index contributed by atoms with van der Waals surface area (Å²) in [4.78, 5) is 18.1. The van der Waals surface area contributed by atoms with Crippen LogP contribution in [0.3, 0.4) is 0 Å². The molecule has 19 heavy (non-hydrogen) atoms. The molecule has 0 aromatic carbocycles. The molecule has 0 atom stereocenters. The molecule has 2 rings (SSSR count). The van der Waals surface area contributed by atoms with E-state index in [1.807, 2.05) is 24.8 Å². The molecule has 2 amide bonds. The highest BCUT2D eigenvalue weighted by Gasteiger charge is 2.18. The van der Waals surface area contributed by atoms with Crippen LogP contribution in [0.5, 0.6) is 5.88 Å². The summed E-state index contributed by atoms with van der Waals surface area (Å²) in [6.07, 6.45) is 2.20. The van der Waals surface area contributed by atoms with Crippen molar-refractivity contribution in [3.8, 4) is 5.88 Å². The van der Waals surface area contributed by atoms with Gasteiger partial charge in [-0.3, -0.25) is 0 Å². The second kappa shape index (κ2) is 5.91. The van der Waals surface area contributed by atoms with Crippen molar-refractivity contribution >= 4 is 6.03 Å². The van der Waals surface area contributed by atoms with Crippen molar-refractivity contribution in [3.05, 3.63) is 22.9 Å². The van der Waals surface area contributed by atoms with E-state index in [1.54, 1.807) is 7.11 Å². The summed E-state index contributed by atoms with van der Waals surface area (Å²) in [5.41, 5.74) is 2.95. The van der Waals surface area contributed by atoms with Gasteiger partial charge < -0.3 is 15.0 Å². The summed E-state index contributed by atoms with van der Waals surface area (Å²) in [5, 5.41) is 2.94. The molecular formula is C14H21N3O2. The lowest BCUT2D eigenvalue weighted by molar-refractivity contribution is 0.208. The van der Waals surface area contributed by atoms with Crippen molar-refractivity contribution in [1.82, 2.24) is 15.2 Å². The topological polar surface area (TPSA) is 54.5 Å². The number of rotatable bonds is 3. The Balaban J connectivity index is 2.04. The van der Waals surface area contributed by atoms with Gasteiger partial charge in [0, 0.05) is 24.3 Å². The molecule has 1 aromatic heterocycles. The van der Waals surface area contributed by atoms with Gasteiger partial charge in [-0.15, -0.1) is 0 Å². The van der Waals surface area contributed by atoms with Gasteiger partial charge in [-0.2, -0.15) is 0 Å². The van der Waals surface area contributed by atoms with Crippen LogP contribution in [0.15, 0.2) is 6.07 Å². The van der Waals surface area contributed by atoms with Crippen LogP contribution in [-0.4, -0.2) is 36.1 Å². The molecule has 1 aliphatic rings. The molecule has 0 bridgehead atoms. The summed E-state index contributed by atoms with van der Waals surface area (Å²) in [7, 11) is 1.60. The first kappa shape index (κ1) is 13.6. The van der Waals surface area contributed by atoms with E-state index in [4.69, 9.17) is 4.74 Å². The van der Waals surface area contributed by atoms with E-state index in [0.29, 0.717) is 12.4 Å². The van der Waals surface area contributed by atoms with Crippen LogP contribution in [0.1, 0.15) is 29.7 Å². The van der Waals surface area contributed by atoms with Crippen LogP contribution in [0.25, 0.3) is 0 Å². The number of pyridine rings is 1. The molecule has 104 valence electrons. The Kier molecular flexibility index (Phi) is 4.24. The Morgan fingerprint density at radius 3 is 2.74 bits per heavy atom. The number of hydrogen-bond donors (Lipinski definition) is 1. The standard InChI is InChI=1S/C14H21N3O2/c1-10-8-11(2)16-13(19-3)12(10)9-15-14(18)17-6-4-5-7-17/h8H,4-7,9H2,1-3H3,(H,15,18). The fourth-order valence-electron chi connectivity index (χ4n) is 2.41. The van der Waals surface area contributed by atoms with Gasteiger partial charge in [0.1, 0.15) is 0 Å². The summed E-state index contributed by atoms with van der Waals surface area (Å²) in [6, 6.07) is 2.00. The number of ether oxygens (including phenoxy) is 1. The third kappa shape index (κ3) is 3.16. The number of likely N-dealkylation sites (tertiary alicyclic amines) is 1. The minimum atomic E-state index is -0.000437. The summed E-state index contributed by atoms with van der Waals surface area (Å²) < 4.78 is 5.29. The van der Waals surface area contributed by atoms with Gasteiger partial charge in [0.25, 0.3) is 0 Å². The van der Waals surface area contributed by atoms with Crippen molar-refractivity contribution < 1.29 is 9.53 Å². The van der Waals surface area contributed by atoms with Crippen molar-refractivity contribution in [3.63, 3.8) is 0 Å². The van der Waals surface area contributed by atoms with Gasteiger partial charge in [-0.05, 0) is 38.3 Å². The van der Waals surface area contributed by atoms with Crippen molar-refractivity contribution in [2.75, 3.05) is 20.2 Å². The average Bonchev–Trinajstić information content (AvgIpc) is 2.90. The number of urea groups is 1. The maximum atomic E-state index is 12.0. The predicted octanol–water partition coefficient (Wildman–Crippen LogP) is 2.01. The van der Waals surface area contributed by atoms with Crippen LogP contribution in [0.2, 0.25) is 0 Å². The minimum Gasteiger partial charge on any atom is -0.481 e. The summed E-state index contributed by atoms with van der Waals surface area (Å²) in [5.74, 6) is 0.597. The number of hydrogen-bond acceptors (Lipinski definition) is 3. The van der Waals surface area contributed by atoms with Crippen LogP contribution in [0.4, 0.5) is 4.79 Å². The molecule has 5 nitrogen and oxygen atoms in total. The highest BCUT2D eigenvalue weighted by Crippen LogP contribution is 2.20. The van der Waals surface area contributed by atoms with E-state index in [0.717, 1.165) is 42.8 Å². The molecule has 1 saturated heterocycles. The van der Waals surface area contributed by atoms with Gasteiger partial charge in [-0.1, -0.05) is 0 Å². The van der Waals surface area contributed by atoms with E-state index in [2.05, 4.69) is 10.3 Å². The van der Waals surface area contributed by atoms with Crippen LogP contribution in [-0.2, 0) is 6.54 Å². The number of aryl methyl sites for hydroxylation is 2. The molecular weight excluding hydrogens is 242 g/mol. The number of amides is 2. The molecule has 0 aliphatic carbocycles. The molecule has 0 radical (unpaired) electrons. The molecule has 1 aromatic rings. The Morgan fingerprint density at radius 1 is 1.42 bits per heavy atom. The molecule has 0 unspecified atom stereocenters. The third-order valence-corrected chi connectivity index (χ3v) is 3.44. The largest absolute Gasteiger partial charge is 0.481 e. The highest BCUT2D eigenvalue weighted by atomic mass is 16.5. The monoisotopic (exact) mass is 263 g/mol. The second-order valence-corrected chi connectivity index (χ2v) is 4.92. The normalized spacial score (nSPS) is 14.6.